The van der Waals surface area contributed by atoms with Crippen molar-refractivity contribution in [1.82, 2.24) is 29.9 Å². The largest absolute Gasteiger partial charge is 0.305 e. The maximum Gasteiger partial charge on any atom is 0.0266 e. The minimum Gasteiger partial charge on any atom is -0.305 e. The molecule has 0 N–H and O–H groups in total. The Morgan fingerprint density at radius 2 is 0.551 bits per heavy atom. The van der Waals surface area contributed by atoms with Crippen LogP contribution < -0.4 is 0 Å². The van der Waals surface area contributed by atoms with Crippen LogP contribution in [0, 0.1) is 71.0 Å². The van der Waals surface area contributed by atoms with Gasteiger partial charge in [-0.1, -0.05) is 163 Å². The van der Waals surface area contributed by atoms with Crippen molar-refractivity contribution in [3.8, 4) is 101 Å². The standard InChI is InChI=1S/3C18H14N.2C12H10N.C11H8N.3Ir/c2*1-14-12-18(16-10-6-3-7-11-16)19-13-17(14)15-8-4-2-5-9-15;1-14-6-5-9-18(19-14)17-12-10-16(11-13-17)15-7-3-2-4-8-15;2*1-10-6-5-9-12(13-10)11-7-3-2-4-8-11;1-2-6-10(7-3-1)11-8-4-5-9-12-11;;;/h2*2-10,12-13H,1H3;2-12H,1H3;2*2-7,9H,1H3;1-6,8-9H;;;/q6*-1;;;. The number of rotatable bonds is 9. The van der Waals surface area contributed by atoms with Gasteiger partial charge in [0.1, 0.15) is 0 Å². The molecule has 6 nitrogen and oxygen atoms in total. The number of hydrogen-bond donors (Lipinski definition) is 0. The third kappa shape index (κ3) is 23.0. The summed E-state index contributed by atoms with van der Waals surface area (Å²) in [6, 6.07) is 124. The molecule has 3 radical (unpaired) electrons. The monoisotopic (exact) mass is 1800 g/mol. The van der Waals surface area contributed by atoms with E-state index in [0.717, 1.165) is 84.6 Å². The van der Waals surface area contributed by atoms with Crippen molar-refractivity contribution in [2.45, 2.75) is 34.6 Å². The van der Waals surface area contributed by atoms with Crippen molar-refractivity contribution >= 4 is 0 Å². The molecule has 0 bridgehead atoms. The van der Waals surface area contributed by atoms with E-state index in [1.807, 2.05) is 288 Å². The van der Waals surface area contributed by atoms with E-state index in [0.29, 0.717) is 0 Å². The third-order valence-corrected chi connectivity index (χ3v) is 14.8. The Hall–Kier alpha value is -10.2. The summed E-state index contributed by atoms with van der Waals surface area (Å²) >= 11 is 0. The molecule has 9 aromatic carbocycles. The fraction of sp³-hybridized carbons (Fsp3) is 0.0562. The van der Waals surface area contributed by atoms with Crippen LogP contribution in [0.3, 0.4) is 0 Å². The Morgan fingerprint density at radius 1 is 0.235 bits per heavy atom. The molecule has 9 heteroatoms. The van der Waals surface area contributed by atoms with Crippen LogP contribution in [-0.2, 0) is 60.3 Å². The fourth-order valence-corrected chi connectivity index (χ4v) is 10.0. The Labute approximate surface area is 619 Å². The van der Waals surface area contributed by atoms with Gasteiger partial charge in [0.2, 0.25) is 0 Å². The molecule has 489 valence electrons. The maximum absolute atomic E-state index is 4.55. The molecule has 15 aromatic rings. The minimum absolute atomic E-state index is 0. The van der Waals surface area contributed by atoms with Crippen LogP contribution in [0.2, 0.25) is 0 Å². The molecule has 6 heterocycles. The Bertz CT molecular complexity index is 4470. The Morgan fingerprint density at radius 3 is 0.857 bits per heavy atom. The van der Waals surface area contributed by atoms with E-state index >= 15 is 0 Å². The van der Waals surface area contributed by atoms with Gasteiger partial charge in [-0.05, 0) is 115 Å². The second-order valence-electron chi connectivity index (χ2n) is 21.9. The van der Waals surface area contributed by atoms with E-state index in [1.54, 1.807) is 6.20 Å². The van der Waals surface area contributed by atoms with Crippen molar-refractivity contribution in [3.05, 3.63) is 399 Å². The van der Waals surface area contributed by atoms with Gasteiger partial charge in [0, 0.05) is 107 Å². The quantitative estimate of drug-likeness (QED) is 0.134. The molecule has 0 fully saturated rings. The van der Waals surface area contributed by atoms with E-state index < -0.39 is 0 Å². The zero-order valence-electron chi connectivity index (χ0n) is 54.9. The van der Waals surface area contributed by atoms with Crippen molar-refractivity contribution in [3.63, 3.8) is 0 Å². The van der Waals surface area contributed by atoms with Crippen LogP contribution in [-0.4, -0.2) is 29.9 Å². The van der Waals surface area contributed by atoms with Gasteiger partial charge in [-0.2, -0.15) is 0 Å². The molecule has 98 heavy (non-hydrogen) atoms. The van der Waals surface area contributed by atoms with E-state index in [1.165, 1.54) is 44.5 Å². The molecule has 6 aromatic heterocycles. The summed E-state index contributed by atoms with van der Waals surface area (Å²) in [6.45, 7) is 10.2. The van der Waals surface area contributed by atoms with Gasteiger partial charge in [-0.3, -0.25) is 0 Å². The molecular formula is C89H70Ir3N6-6. The van der Waals surface area contributed by atoms with Crippen molar-refractivity contribution in [1.29, 1.82) is 0 Å². The topological polar surface area (TPSA) is 77.3 Å². The summed E-state index contributed by atoms with van der Waals surface area (Å²) in [5.41, 5.74) is 24.8. The van der Waals surface area contributed by atoms with Crippen molar-refractivity contribution in [2.75, 3.05) is 0 Å². The molecule has 0 unspecified atom stereocenters. The summed E-state index contributed by atoms with van der Waals surface area (Å²) in [4.78, 5) is 26.7. The molecule has 15 rings (SSSR count). The van der Waals surface area contributed by atoms with E-state index in [-0.39, 0.29) is 60.3 Å². The van der Waals surface area contributed by atoms with E-state index in [2.05, 4.69) is 141 Å². The number of aromatic nitrogens is 6. The van der Waals surface area contributed by atoms with Crippen LogP contribution in [0.15, 0.2) is 334 Å². The van der Waals surface area contributed by atoms with Crippen LogP contribution in [0.4, 0.5) is 0 Å². The van der Waals surface area contributed by atoms with Crippen LogP contribution in [0.1, 0.15) is 28.2 Å². The van der Waals surface area contributed by atoms with E-state index in [9.17, 15) is 0 Å². The number of aryl methyl sites for hydroxylation is 5. The van der Waals surface area contributed by atoms with Gasteiger partial charge in [-0.15, -0.1) is 209 Å². The number of nitrogens with zero attached hydrogens (tertiary/aromatic N) is 6. The first-order valence-electron chi connectivity index (χ1n) is 31.4. The average molecular weight is 1800 g/mol. The molecule has 0 aliphatic rings. The number of benzene rings is 9. The van der Waals surface area contributed by atoms with E-state index in [4.69, 9.17) is 0 Å². The normalized spacial score (nSPS) is 9.85. The molecule has 0 amide bonds. The van der Waals surface area contributed by atoms with Crippen LogP contribution in [0.25, 0.3) is 101 Å². The van der Waals surface area contributed by atoms with Crippen molar-refractivity contribution < 1.29 is 60.3 Å². The molecule has 0 saturated heterocycles. The molecule has 0 aliphatic heterocycles. The first kappa shape index (κ1) is 75.2. The molecule has 0 atom stereocenters. The zero-order chi connectivity index (χ0) is 65.7. The van der Waals surface area contributed by atoms with Gasteiger partial charge in [-0.25, -0.2) is 0 Å². The average Bonchev–Trinajstić information content (AvgIpc) is 1.19. The van der Waals surface area contributed by atoms with Crippen molar-refractivity contribution in [2.24, 2.45) is 0 Å². The molecule has 0 spiro atoms. The molecule has 0 saturated carbocycles. The SMILES string of the molecule is Cc1cc(-c2[c-]cccc2)ncc1-c1ccccc1.Cc1cc(-c2[c-]cccc2)ncc1-c1ccccc1.Cc1cccc(-c2[c-]cc(-c3ccccc3)cc2)n1.Cc1cccc(-c2[c-]cccc2)n1.Cc1cccc(-c2[c-]cccc2)n1.[Ir].[Ir].[Ir].[c-]1ccccc1-c1ccccn1. The molecule has 0 aliphatic carbocycles. The maximum atomic E-state index is 4.55. The van der Waals surface area contributed by atoms with Gasteiger partial charge in [0.15, 0.2) is 0 Å². The Kier molecular flexibility index (Phi) is 31.0. The van der Waals surface area contributed by atoms with Crippen LogP contribution >= 0.6 is 0 Å². The second-order valence-corrected chi connectivity index (χ2v) is 21.9. The van der Waals surface area contributed by atoms with Gasteiger partial charge < -0.3 is 29.9 Å². The predicted molar refractivity (Wildman–Crippen MR) is 391 cm³/mol. The summed E-state index contributed by atoms with van der Waals surface area (Å²) in [7, 11) is 0. The first-order chi connectivity index (χ1) is 46.7. The number of hydrogen-bond acceptors (Lipinski definition) is 6. The first-order valence-corrected chi connectivity index (χ1v) is 31.4. The fourth-order valence-electron chi connectivity index (χ4n) is 10.0. The summed E-state index contributed by atoms with van der Waals surface area (Å²) in [5, 5.41) is 0. The van der Waals surface area contributed by atoms with Crippen LogP contribution in [0.5, 0.6) is 0 Å². The summed E-state index contributed by atoms with van der Waals surface area (Å²) in [6.07, 6.45) is 5.68. The smallest absolute Gasteiger partial charge is 0.0266 e. The number of pyridine rings is 6. The zero-order valence-corrected chi connectivity index (χ0v) is 62.1. The summed E-state index contributed by atoms with van der Waals surface area (Å²) in [5.74, 6) is 0. The summed E-state index contributed by atoms with van der Waals surface area (Å²) < 4.78 is 0. The third-order valence-electron chi connectivity index (χ3n) is 14.8. The van der Waals surface area contributed by atoms with Gasteiger partial charge in [0.05, 0.1) is 0 Å². The van der Waals surface area contributed by atoms with Gasteiger partial charge in [0.25, 0.3) is 0 Å². The second kappa shape index (κ2) is 40.4. The predicted octanol–water partition coefficient (Wildman–Crippen LogP) is 21.8. The Balaban J connectivity index is 0.000000166. The molecular weight excluding hydrogens is 1730 g/mol. The van der Waals surface area contributed by atoms with Gasteiger partial charge >= 0.3 is 0 Å². The minimum atomic E-state index is 0.